The van der Waals surface area contributed by atoms with Crippen LogP contribution in [0.25, 0.3) is 0 Å². The van der Waals surface area contributed by atoms with Crippen molar-refractivity contribution in [1.29, 1.82) is 0 Å². The molecule has 20 heavy (non-hydrogen) atoms. The lowest BCUT2D eigenvalue weighted by Gasteiger charge is -2.32. The number of hydrogen-bond donors (Lipinski definition) is 0. The highest BCUT2D eigenvalue weighted by Gasteiger charge is 2.41. The highest BCUT2D eigenvalue weighted by Crippen LogP contribution is 2.36. The molecule has 0 aromatic heterocycles. The van der Waals surface area contributed by atoms with Gasteiger partial charge in [-0.2, -0.15) is 4.31 Å². The Kier molecular flexibility index (Phi) is 2.96. The van der Waals surface area contributed by atoms with Gasteiger partial charge in [0.25, 0.3) is 0 Å². The highest BCUT2D eigenvalue weighted by atomic mass is 32.2. The van der Waals surface area contributed by atoms with Crippen LogP contribution < -0.4 is 0 Å². The van der Waals surface area contributed by atoms with E-state index in [0.29, 0.717) is 5.56 Å². The number of benzene rings is 2. The molecule has 0 spiro atoms. The number of sulfonamides is 1. The smallest absolute Gasteiger partial charge is 0.244 e. The molecule has 0 aliphatic carbocycles. The Morgan fingerprint density at radius 2 is 1.55 bits per heavy atom. The van der Waals surface area contributed by atoms with E-state index in [1.54, 1.807) is 42.5 Å². The van der Waals surface area contributed by atoms with E-state index in [-0.39, 0.29) is 16.2 Å². The SMILES string of the molecule is CN1C(c2ccccc2)C(=O)c2ccccc2S1(=O)=O. The molecule has 5 heteroatoms. The normalized spacial score (nSPS) is 21.4. The first-order valence-electron chi connectivity index (χ1n) is 6.19. The lowest BCUT2D eigenvalue weighted by molar-refractivity contribution is 0.0895. The van der Waals surface area contributed by atoms with Crippen molar-refractivity contribution >= 4 is 15.8 Å². The number of fused-ring (bicyclic) bond motifs is 1. The minimum absolute atomic E-state index is 0.0830. The van der Waals surface area contributed by atoms with Crippen molar-refractivity contribution in [3.63, 3.8) is 0 Å². The fourth-order valence-electron chi connectivity index (χ4n) is 2.50. The van der Waals surface area contributed by atoms with Crippen LogP contribution in [0.5, 0.6) is 0 Å². The van der Waals surface area contributed by atoms with Crippen LogP contribution in [0.1, 0.15) is 22.0 Å². The summed E-state index contributed by atoms with van der Waals surface area (Å²) >= 11 is 0. The quantitative estimate of drug-likeness (QED) is 0.808. The number of ketones is 1. The first kappa shape index (κ1) is 13.0. The molecule has 0 amide bonds. The van der Waals surface area contributed by atoms with Crippen LogP contribution in [0.3, 0.4) is 0 Å². The zero-order valence-electron chi connectivity index (χ0n) is 10.9. The number of likely N-dealkylation sites (N-methyl/N-ethyl adjacent to an activating group) is 1. The number of carbonyl (C=O) groups is 1. The van der Waals surface area contributed by atoms with Gasteiger partial charge in [0.1, 0.15) is 6.04 Å². The van der Waals surface area contributed by atoms with Gasteiger partial charge in [-0.15, -0.1) is 0 Å². The van der Waals surface area contributed by atoms with E-state index in [9.17, 15) is 13.2 Å². The second kappa shape index (κ2) is 4.54. The molecule has 4 nitrogen and oxygen atoms in total. The molecule has 1 atom stereocenters. The number of Topliss-reactive ketones (excluding diaryl/α,β-unsaturated/α-hetero) is 1. The fraction of sp³-hybridized carbons (Fsp3) is 0.133. The molecule has 1 heterocycles. The number of carbonyl (C=O) groups excluding carboxylic acids is 1. The first-order chi connectivity index (χ1) is 9.53. The Bertz CT molecular complexity index is 769. The van der Waals surface area contributed by atoms with E-state index in [0.717, 1.165) is 4.31 Å². The fourth-order valence-corrected chi connectivity index (χ4v) is 4.00. The third-order valence-corrected chi connectivity index (χ3v) is 5.42. The number of hydrogen-bond acceptors (Lipinski definition) is 3. The van der Waals surface area contributed by atoms with Crippen molar-refractivity contribution in [3.8, 4) is 0 Å². The molecule has 0 fully saturated rings. The third-order valence-electron chi connectivity index (χ3n) is 3.54. The Morgan fingerprint density at radius 3 is 2.25 bits per heavy atom. The van der Waals surface area contributed by atoms with Gasteiger partial charge in [0.2, 0.25) is 10.0 Å². The summed E-state index contributed by atoms with van der Waals surface area (Å²) in [5, 5.41) is 0. The zero-order valence-corrected chi connectivity index (χ0v) is 11.7. The summed E-state index contributed by atoms with van der Waals surface area (Å²) in [7, 11) is -2.19. The summed E-state index contributed by atoms with van der Waals surface area (Å²) in [5.74, 6) is -0.191. The Morgan fingerprint density at radius 1 is 0.950 bits per heavy atom. The first-order valence-corrected chi connectivity index (χ1v) is 7.64. The van der Waals surface area contributed by atoms with Gasteiger partial charge >= 0.3 is 0 Å². The zero-order chi connectivity index (χ0) is 14.3. The van der Waals surface area contributed by atoms with E-state index in [2.05, 4.69) is 0 Å². The van der Waals surface area contributed by atoms with Crippen molar-refractivity contribution in [3.05, 3.63) is 65.7 Å². The van der Waals surface area contributed by atoms with Gasteiger partial charge in [0.15, 0.2) is 5.78 Å². The minimum atomic E-state index is -3.64. The minimum Gasteiger partial charge on any atom is -0.292 e. The molecule has 0 saturated carbocycles. The van der Waals surface area contributed by atoms with Crippen LogP contribution in [-0.2, 0) is 10.0 Å². The van der Waals surface area contributed by atoms with Crippen molar-refractivity contribution in [1.82, 2.24) is 4.31 Å². The molecule has 2 aromatic rings. The summed E-state index contributed by atoms with van der Waals surface area (Å²) in [4.78, 5) is 12.7. The van der Waals surface area contributed by atoms with Crippen LogP contribution in [0.15, 0.2) is 59.5 Å². The van der Waals surface area contributed by atoms with Crippen LogP contribution in [-0.4, -0.2) is 25.6 Å². The largest absolute Gasteiger partial charge is 0.292 e. The van der Waals surface area contributed by atoms with Gasteiger partial charge in [0.05, 0.1) is 4.90 Å². The molecule has 0 bridgehead atoms. The topological polar surface area (TPSA) is 54.5 Å². The maximum absolute atomic E-state index is 12.6. The molecule has 3 rings (SSSR count). The molecule has 0 saturated heterocycles. The van der Waals surface area contributed by atoms with E-state index in [1.165, 1.54) is 13.1 Å². The van der Waals surface area contributed by atoms with E-state index in [1.807, 2.05) is 6.07 Å². The van der Waals surface area contributed by atoms with Crippen LogP contribution in [0.4, 0.5) is 0 Å². The van der Waals surface area contributed by atoms with Crippen LogP contribution >= 0.6 is 0 Å². The second-order valence-electron chi connectivity index (χ2n) is 4.69. The maximum atomic E-state index is 12.6. The van der Waals surface area contributed by atoms with Crippen molar-refractivity contribution in [2.45, 2.75) is 10.9 Å². The molecule has 1 aliphatic rings. The van der Waals surface area contributed by atoms with Crippen molar-refractivity contribution in [2.24, 2.45) is 0 Å². The van der Waals surface area contributed by atoms with Crippen LogP contribution in [0, 0.1) is 0 Å². The third kappa shape index (κ3) is 1.78. The molecule has 2 aromatic carbocycles. The molecule has 0 N–H and O–H groups in total. The van der Waals surface area contributed by atoms with Crippen LogP contribution in [0.2, 0.25) is 0 Å². The molecule has 102 valence electrons. The van der Waals surface area contributed by atoms with E-state index < -0.39 is 16.1 Å². The Hall–Kier alpha value is -1.98. The maximum Gasteiger partial charge on any atom is 0.244 e. The van der Waals surface area contributed by atoms with Gasteiger partial charge in [-0.1, -0.05) is 42.5 Å². The van der Waals surface area contributed by atoms with Gasteiger partial charge in [0, 0.05) is 12.6 Å². The molecule has 1 aliphatic heterocycles. The Labute approximate surface area is 117 Å². The monoisotopic (exact) mass is 287 g/mol. The lowest BCUT2D eigenvalue weighted by atomic mass is 9.97. The van der Waals surface area contributed by atoms with Gasteiger partial charge < -0.3 is 0 Å². The number of rotatable bonds is 1. The summed E-state index contributed by atoms with van der Waals surface area (Å²) in [6.45, 7) is 0. The molecular formula is C15H13NO3S. The molecular weight excluding hydrogens is 274 g/mol. The van der Waals surface area contributed by atoms with Gasteiger partial charge in [-0.3, -0.25) is 4.79 Å². The molecule has 0 radical (unpaired) electrons. The lowest BCUT2D eigenvalue weighted by Crippen LogP contribution is -2.41. The second-order valence-corrected chi connectivity index (χ2v) is 6.66. The summed E-state index contributed by atoms with van der Waals surface area (Å²) in [6.07, 6.45) is 0. The van der Waals surface area contributed by atoms with Crippen molar-refractivity contribution < 1.29 is 13.2 Å². The van der Waals surface area contributed by atoms with E-state index >= 15 is 0 Å². The summed E-state index contributed by atoms with van der Waals surface area (Å²) in [5.41, 5.74) is 0.942. The Balaban J connectivity index is 2.24. The standard InChI is InChI=1S/C15H13NO3S/c1-16-14(11-7-3-2-4-8-11)15(17)12-9-5-6-10-13(12)20(16,18)19/h2-10,14H,1H3. The van der Waals surface area contributed by atoms with Gasteiger partial charge in [-0.05, 0) is 17.7 Å². The summed E-state index contributed by atoms with van der Waals surface area (Å²) in [6, 6.07) is 14.5. The average molecular weight is 287 g/mol. The number of nitrogens with zero attached hydrogens (tertiary/aromatic N) is 1. The highest BCUT2D eigenvalue weighted by molar-refractivity contribution is 7.89. The summed E-state index contributed by atoms with van der Waals surface area (Å²) < 4.78 is 26.2. The predicted molar refractivity (Wildman–Crippen MR) is 74.9 cm³/mol. The molecule has 1 unspecified atom stereocenters. The predicted octanol–water partition coefficient (Wildman–Crippen LogP) is 2.24. The van der Waals surface area contributed by atoms with Crippen molar-refractivity contribution in [2.75, 3.05) is 7.05 Å². The van der Waals surface area contributed by atoms with E-state index in [4.69, 9.17) is 0 Å². The van der Waals surface area contributed by atoms with Gasteiger partial charge in [-0.25, -0.2) is 8.42 Å². The average Bonchev–Trinajstić information content (AvgIpc) is 2.47.